The van der Waals surface area contributed by atoms with Gasteiger partial charge in [0, 0.05) is 39.5 Å². The topological polar surface area (TPSA) is 56.3 Å². The lowest BCUT2D eigenvalue weighted by molar-refractivity contribution is 0.0791. The van der Waals surface area contributed by atoms with Crippen molar-refractivity contribution in [2.75, 3.05) is 26.8 Å². The fraction of sp³-hybridized carbons (Fsp3) is 0.786. The number of ether oxygens (including phenoxy) is 1. The summed E-state index contributed by atoms with van der Waals surface area (Å²) in [6.45, 7) is 6.68. The van der Waals surface area contributed by atoms with Gasteiger partial charge in [-0.25, -0.2) is 4.98 Å². The largest absolute Gasteiger partial charge is 0.383 e. The maximum Gasteiger partial charge on any atom is 0.0946 e. The molecule has 0 radical (unpaired) electrons. The number of imidazole rings is 1. The second-order valence-electron chi connectivity index (χ2n) is 4.88. The second-order valence-corrected chi connectivity index (χ2v) is 4.88. The molecule has 0 spiro atoms. The van der Waals surface area contributed by atoms with Gasteiger partial charge >= 0.3 is 0 Å². The summed E-state index contributed by atoms with van der Waals surface area (Å²) in [5.41, 5.74) is 7.20. The highest BCUT2D eigenvalue weighted by atomic mass is 16.5. The van der Waals surface area contributed by atoms with Gasteiger partial charge in [-0.15, -0.1) is 0 Å². The van der Waals surface area contributed by atoms with Crippen molar-refractivity contribution in [1.82, 2.24) is 14.5 Å². The molecule has 0 aromatic carbocycles. The van der Waals surface area contributed by atoms with Gasteiger partial charge in [0.2, 0.25) is 0 Å². The van der Waals surface area contributed by atoms with E-state index < -0.39 is 0 Å². The summed E-state index contributed by atoms with van der Waals surface area (Å²) in [5.74, 6) is 0. The lowest BCUT2D eigenvalue weighted by Crippen LogP contribution is -2.43. The first kappa shape index (κ1) is 16.1. The molecule has 0 amide bonds. The molecule has 0 fully saturated rings. The Kier molecular flexibility index (Phi) is 7.05. The zero-order chi connectivity index (χ0) is 14.3. The molecule has 5 nitrogen and oxygen atoms in total. The van der Waals surface area contributed by atoms with Crippen LogP contribution in [0.5, 0.6) is 0 Å². The zero-order valence-corrected chi connectivity index (χ0v) is 12.7. The highest BCUT2D eigenvalue weighted by molar-refractivity contribution is 5.06. The minimum atomic E-state index is 0.201. The molecule has 1 aromatic heterocycles. The summed E-state index contributed by atoms with van der Waals surface area (Å²) in [4.78, 5) is 6.67. The minimum absolute atomic E-state index is 0.201. The number of aryl methyl sites for hydroxylation is 1. The van der Waals surface area contributed by atoms with E-state index in [0.717, 1.165) is 26.0 Å². The molecule has 19 heavy (non-hydrogen) atoms. The Morgan fingerprint density at radius 2 is 2.11 bits per heavy atom. The number of hydrogen-bond acceptors (Lipinski definition) is 4. The average molecular weight is 268 g/mol. The van der Waals surface area contributed by atoms with Gasteiger partial charge in [-0.05, 0) is 12.8 Å². The van der Waals surface area contributed by atoms with Crippen LogP contribution >= 0.6 is 0 Å². The summed E-state index contributed by atoms with van der Waals surface area (Å²) < 4.78 is 7.30. The molecule has 1 aromatic rings. The van der Waals surface area contributed by atoms with Crippen molar-refractivity contribution in [2.45, 2.75) is 38.8 Å². The third-order valence-electron chi connectivity index (χ3n) is 3.78. The first-order valence-corrected chi connectivity index (χ1v) is 7.10. The van der Waals surface area contributed by atoms with E-state index in [0.29, 0.717) is 12.6 Å². The van der Waals surface area contributed by atoms with Crippen molar-refractivity contribution in [3.05, 3.63) is 18.2 Å². The first-order chi connectivity index (χ1) is 9.19. The predicted molar refractivity (Wildman–Crippen MR) is 78.0 cm³/mol. The summed E-state index contributed by atoms with van der Waals surface area (Å²) in [6.07, 6.45) is 5.99. The van der Waals surface area contributed by atoms with E-state index in [1.54, 1.807) is 7.11 Å². The van der Waals surface area contributed by atoms with Gasteiger partial charge in [-0.2, -0.15) is 0 Å². The van der Waals surface area contributed by atoms with Crippen LogP contribution in [0.15, 0.2) is 12.5 Å². The van der Waals surface area contributed by atoms with Crippen molar-refractivity contribution in [1.29, 1.82) is 0 Å². The van der Waals surface area contributed by atoms with Gasteiger partial charge in [0.25, 0.3) is 0 Å². The molecule has 1 rings (SSSR count). The standard InChI is InChI=1S/C14H28N4O/c1-5-12(6-2)18(7-8-19-4)13(9-15)14-10-16-11-17(14)3/h10-13H,5-9,15H2,1-4H3. The number of nitrogens with zero attached hydrogens (tertiary/aromatic N) is 3. The maximum atomic E-state index is 6.03. The van der Waals surface area contributed by atoms with E-state index >= 15 is 0 Å². The Labute approximate surface area is 116 Å². The monoisotopic (exact) mass is 268 g/mol. The number of methoxy groups -OCH3 is 1. The number of nitrogens with two attached hydrogens (primary N) is 1. The van der Waals surface area contributed by atoms with Crippen LogP contribution in [0.1, 0.15) is 38.4 Å². The Hall–Kier alpha value is -0.910. The van der Waals surface area contributed by atoms with Gasteiger partial charge in [0.05, 0.1) is 24.7 Å². The molecule has 2 N–H and O–H groups in total. The highest BCUT2D eigenvalue weighted by Crippen LogP contribution is 2.24. The third-order valence-corrected chi connectivity index (χ3v) is 3.78. The molecule has 1 unspecified atom stereocenters. The van der Waals surface area contributed by atoms with Gasteiger partial charge in [0.1, 0.15) is 0 Å². The average Bonchev–Trinajstić information content (AvgIpc) is 2.84. The highest BCUT2D eigenvalue weighted by Gasteiger charge is 2.26. The third kappa shape index (κ3) is 4.03. The Morgan fingerprint density at radius 1 is 1.42 bits per heavy atom. The molecule has 0 aliphatic carbocycles. The molecule has 1 atom stereocenters. The molecular formula is C14H28N4O. The van der Waals surface area contributed by atoms with Crippen LogP contribution < -0.4 is 5.73 Å². The van der Waals surface area contributed by atoms with Crippen LogP contribution in [-0.4, -0.2) is 47.3 Å². The van der Waals surface area contributed by atoms with Gasteiger partial charge in [0.15, 0.2) is 0 Å². The van der Waals surface area contributed by atoms with Gasteiger partial charge in [-0.1, -0.05) is 13.8 Å². The van der Waals surface area contributed by atoms with Gasteiger partial charge < -0.3 is 15.0 Å². The minimum Gasteiger partial charge on any atom is -0.383 e. The molecular weight excluding hydrogens is 240 g/mol. The van der Waals surface area contributed by atoms with Gasteiger partial charge in [-0.3, -0.25) is 4.90 Å². The Bertz CT molecular complexity index is 349. The molecule has 1 heterocycles. The van der Waals surface area contributed by atoms with Crippen molar-refractivity contribution < 1.29 is 4.74 Å². The molecule has 0 aliphatic heterocycles. The smallest absolute Gasteiger partial charge is 0.0946 e. The predicted octanol–water partition coefficient (Wildman–Crippen LogP) is 1.56. The molecule has 0 aliphatic rings. The quantitative estimate of drug-likeness (QED) is 0.738. The van der Waals surface area contributed by atoms with Crippen LogP contribution in [0, 0.1) is 0 Å². The second kappa shape index (κ2) is 8.30. The summed E-state index contributed by atoms with van der Waals surface area (Å²) >= 11 is 0. The fourth-order valence-corrected chi connectivity index (χ4v) is 2.66. The van der Waals surface area contributed by atoms with Crippen LogP contribution in [-0.2, 0) is 11.8 Å². The summed E-state index contributed by atoms with van der Waals surface area (Å²) in [7, 11) is 3.76. The molecule has 5 heteroatoms. The number of aromatic nitrogens is 2. The molecule has 0 saturated heterocycles. The first-order valence-electron chi connectivity index (χ1n) is 7.10. The number of hydrogen-bond donors (Lipinski definition) is 1. The van der Waals surface area contributed by atoms with E-state index in [4.69, 9.17) is 10.5 Å². The van der Waals surface area contributed by atoms with Crippen molar-refractivity contribution >= 4 is 0 Å². The van der Waals surface area contributed by atoms with Crippen LogP contribution in [0.2, 0.25) is 0 Å². The lowest BCUT2D eigenvalue weighted by Gasteiger charge is -2.37. The Balaban J connectivity index is 2.95. The van der Waals surface area contributed by atoms with Crippen LogP contribution in [0.25, 0.3) is 0 Å². The van der Waals surface area contributed by atoms with E-state index in [1.807, 2.05) is 19.6 Å². The molecule has 0 saturated carbocycles. The number of rotatable bonds is 9. The fourth-order valence-electron chi connectivity index (χ4n) is 2.66. The zero-order valence-electron chi connectivity index (χ0n) is 12.7. The van der Waals surface area contributed by atoms with E-state index in [9.17, 15) is 0 Å². The van der Waals surface area contributed by atoms with Crippen LogP contribution in [0.4, 0.5) is 0 Å². The summed E-state index contributed by atoms with van der Waals surface area (Å²) in [6, 6.07) is 0.728. The molecule has 110 valence electrons. The maximum absolute atomic E-state index is 6.03. The lowest BCUT2D eigenvalue weighted by atomic mass is 10.1. The van der Waals surface area contributed by atoms with Crippen molar-refractivity contribution in [3.8, 4) is 0 Å². The van der Waals surface area contributed by atoms with E-state index in [2.05, 4.69) is 28.3 Å². The van der Waals surface area contributed by atoms with E-state index in [-0.39, 0.29) is 6.04 Å². The normalized spacial score (nSPS) is 13.4. The van der Waals surface area contributed by atoms with Crippen molar-refractivity contribution in [2.24, 2.45) is 12.8 Å². The summed E-state index contributed by atoms with van der Waals surface area (Å²) in [5, 5.41) is 0. The van der Waals surface area contributed by atoms with Crippen molar-refractivity contribution in [3.63, 3.8) is 0 Å². The SMILES string of the molecule is CCC(CC)N(CCOC)C(CN)c1cncn1C. The van der Waals surface area contributed by atoms with E-state index in [1.165, 1.54) is 5.69 Å². The van der Waals surface area contributed by atoms with Crippen LogP contribution in [0.3, 0.4) is 0 Å². The Morgan fingerprint density at radius 3 is 2.53 bits per heavy atom. The molecule has 0 bridgehead atoms.